The summed E-state index contributed by atoms with van der Waals surface area (Å²) in [5.74, 6) is 3.47. The average Bonchev–Trinajstić information content (AvgIpc) is 3.54. The van der Waals surface area contributed by atoms with E-state index in [1.165, 1.54) is 50.9 Å². The molecule has 0 amide bonds. The number of imidazole rings is 1. The first-order valence-corrected chi connectivity index (χ1v) is 13.8. The summed E-state index contributed by atoms with van der Waals surface area (Å²) in [6, 6.07) is 10.7. The monoisotopic (exact) mass is 490 g/mol. The van der Waals surface area contributed by atoms with Gasteiger partial charge in [0.05, 0.1) is 11.2 Å². The lowest BCUT2D eigenvalue weighted by Crippen LogP contribution is -2.34. The first-order valence-electron chi connectivity index (χ1n) is 13.8. The van der Waals surface area contributed by atoms with Crippen molar-refractivity contribution in [3.8, 4) is 11.3 Å². The summed E-state index contributed by atoms with van der Waals surface area (Å²) < 4.78 is 2.18. The van der Waals surface area contributed by atoms with E-state index in [2.05, 4.69) is 69.8 Å². The molecule has 1 aliphatic heterocycles. The van der Waals surface area contributed by atoms with Gasteiger partial charge in [-0.05, 0) is 74.7 Å². The van der Waals surface area contributed by atoms with E-state index < -0.39 is 0 Å². The van der Waals surface area contributed by atoms with Gasteiger partial charge in [0.15, 0.2) is 0 Å². The van der Waals surface area contributed by atoms with Crippen LogP contribution in [0.15, 0.2) is 61.0 Å². The van der Waals surface area contributed by atoms with Crippen molar-refractivity contribution in [3.05, 3.63) is 72.5 Å². The predicted octanol–water partition coefficient (Wildman–Crippen LogP) is 6.10. The van der Waals surface area contributed by atoms with Crippen molar-refractivity contribution < 1.29 is 0 Å². The second-order valence-corrected chi connectivity index (χ2v) is 11.2. The fraction of sp³-hybridized carbons (Fsp3) is 0.387. The van der Waals surface area contributed by atoms with Gasteiger partial charge < -0.3 is 10.6 Å². The number of benzene rings is 1. The van der Waals surface area contributed by atoms with Gasteiger partial charge in [-0.2, -0.15) is 0 Å². The number of nitrogens with zero attached hydrogens (tertiary/aromatic N) is 5. The molecule has 188 valence electrons. The lowest BCUT2D eigenvalue weighted by molar-refractivity contribution is 0.176. The van der Waals surface area contributed by atoms with Gasteiger partial charge in [0.1, 0.15) is 22.9 Å². The van der Waals surface area contributed by atoms with Crippen molar-refractivity contribution in [3.63, 3.8) is 0 Å². The van der Waals surface area contributed by atoms with Crippen LogP contribution in [0.5, 0.6) is 0 Å². The predicted molar refractivity (Wildman–Crippen MR) is 150 cm³/mol. The van der Waals surface area contributed by atoms with Crippen molar-refractivity contribution in [2.45, 2.75) is 44.9 Å². The Labute approximate surface area is 217 Å². The van der Waals surface area contributed by atoms with Gasteiger partial charge >= 0.3 is 0 Å². The molecule has 2 fully saturated rings. The zero-order chi connectivity index (χ0) is 24.9. The molecule has 1 saturated carbocycles. The van der Waals surface area contributed by atoms with Crippen LogP contribution in [0.1, 0.15) is 56.5 Å². The highest BCUT2D eigenvalue weighted by molar-refractivity contribution is 5.91. The fourth-order valence-corrected chi connectivity index (χ4v) is 6.34. The second-order valence-electron chi connectivity index (χ2n) is 11.2. The third-order valence-corrected chi connectivity index (χ3v) is 8.50. The molecule has 6 nitrogen and oxygen atoms in total. The lowest BCUT2D eigenvalue weighted by atomic mass is 9.74. The van der Waals surface area contributed by atoms with E-state index in [-0.39, 0.29) is 0 Å². The largest absolute Gasteiger partial charge is 0.382 e. The average molecular weight is 491 g/mol. The number of likely N-dealkylation sites (tertiary alicyclic amines) is 1. The maximum atomic E-state index is 6.44. The summed E-state index contributed by atoms with van der Waals surface area (Å²) in [4.78, 5) is 17.3. The summed E-state index contributed by atoms with van der Waals surface area (Å²) in [6.45, 7) is 6.01. The van der Waals surface area contributed by atoms with Crippen LogP contribution in [-0.2, 0) is 0 Å². The second kappa shape index (κ2) is 9.10. The molecule has 0 radical (unpaired) electrons. The number of pyridine rings is 1. The Morgan fingerprint density at radius 1 is 1.05 bits per heavy atom. The molecule has 1 saturated heterocycles. The van der Waals surface area contributed by atoms with Crippen LogP contribution in [0.2, 0.25) is 0 Å². The van der Waals surface area contributed by atoms with E-state index in [9.17, 15) is 0 Å². The van der Waals surface area contributed by atoms with Gasteiger partial charge in [-0.15, -0.1) is 0 Å². The van der Waals surface area contributed by atoms with Gasteiger partial charge in [-0.3, -0.25) is 4.40 Å². The maximum Gasteiger partial charge on any atom is 0.150 e. The zero-order valence-electron chi connectivity index (χ0n) is 21.5. The molecule has 1 atom stereocenters. The summed E-state index contributed by atoms with van der Waals surface area (Å²) in [6.07, 6.45) is 16.7. The number of aromatic nitrogens is 4. The number of nitrogen functional groups attached to an aromatic ring is 1. The number of rotatable bonds is 5. The molecule has 3 aliphatic rings. The summed E-state index contributed by atoms with van der Waals surface area (Å²) in [5.41, 5.74) is 12.5. The Balaban J connectivity index is 1.23. The molecule has 37 heavy (non-hydrogen) atoms. The Kier molecular flexibility index (Phi) is 5.58. The van der Waals surface area contributed by atoms with E-state index in [0.717, 1.165) is 51.5 Å². The minimum atomic E-state index is 0.466. The van der Waals surface area contributed by atoms with Crippen molar-refractivity contribution >= 4 is 27.8 Å². The SMILES string of the molecule is CC1C=CC(c2ccc3ccc(-c4nc([C@H]5C[C@@H](CN6CCCC6)C5)n5ccnc(N)c45)cc3n2)=CC1. The van der Waals surface area contributed by atoms with Gasteiger partial charge in [0.25, 0.3) is 0 Å². The number of hydrogen-bond acceptors (Lipinski definition) is 5. The number of anilines is 1. The molecule has 1 unspecified atom stereocenters. The molecule has 6 heteroatoms. The quantitative estimate of drug-likeness (QED) is 0.366. The van der Waals surface area contributed by atoms with Crippen molar-refractivity contribution in [1.82, 2.24) is 24.3 Å². The van der Waals surface area contributed by atoms with Crippen molar-refractivity contribution in [1.29, 1.82) is 0 Å². The van der Waals surface area contributed by atoms with Crippen LogP contribution in [0.25, 0.3) is 33.3 Å². The molecule has 7 rings (SSSR count). The van der Waals surface area contributed by atoms with Crippen LogP contribution in [0.3, 0.4) is 0 Å². The van der Waals surface area contributed by atoms with Crippen LogP contribution in [0, 0.1) is 11.8 Å². The maximum absolute atomic E-state index is 6.44. The van der Waals surface area contributed by atoms with Gasteiger partial charge in [-0.1, -0.05) is 43.4 Å². The van der Waals surface area contributed by atoms with E-state index in [1.807, 2.05) is 6.20 Å². The molecular formula is C31H34N6. The van der Waals surface area contributed by atoms with E-state index in [1.54, 1.807) is 6.20 Å². The molecule has 4 heterocycles. The Morgan fingerprint density at radius 2 is 1.89 bits per heavy atom. The molecule has 4 aromatic rings. The molecule has 3 aromatic heterocycles. The van der Waals surface area contributed by atoms with Crippen LogP contribution >= 0.6 is 0 Å². The summed E-state index contributed by atoms with van der Waals surface area (Å²) in [5, 5.41) is 1.12. The highest BCUT2D eigenvalue weighted by atomic mass is 15.1. The molecule has 2 aliphatic carbocycles. The third-order valence-electron chi connectivity index (χ3n) is 8.50. The van der Waals surface area contributed by atoms with E-state index >= 15 is 0 Å². The minimum absolute atomic E-state index is 0.466. The van der Waals surface area contributed by atoms with Crippen LogP contribution in [0.4, 0.5) is 5.82 Å². The lowest BCUT2D eigenvalue weighted by Gasteiger charge is -2.37. The molecule has 1 aromatic carbocycles. The van der Waals surface area contributed by atoms with E-state index in [0.29, 0.717) is 17.7 Å². The van der Waals surface area contributed by atoms with Crippen molar-refractivity contribution in [2.24, 2.45) is 11.8 Å². The Bertz CT molecular complexity index is 1530. The minimum Gasteiger partial charge on any atom is -0.382 e. The highest BCUT2D eigenvalue weighted by Crippen LogP contribution is 2.44. The van der Waals surface area contributed by atoms with Gasteiger partial charge in [-0.25, -0.2) is 15.0 Å². The number of allylic oxidation sites excluding steroid dienone is 4. The van der Waals surface area contributed by atoms with Crippen LogP contribution < -0.4 is 5.73 Å². The first kappa shape index (κ1) is 22.7. The molecule has 0 bridgehead atoms. The summed E-state index contributed by atoms with van der Waals surface area (Å²) >= 11 is 0. The number of hydrogen-bond donors (Lipinski definition) is 1. The third kappa shape index (κ3) is 4.13. The smallest absolute Gasteiger partial charge is 0.150 e. The zero-order valence-corrected chi connectivity index (χ0v) is 21.5. The standard InChI is InChI=1S/C31H34N6/c1-20-4-6-22(7-5-20)26-11-10-23-8-9-24(18-27(23)34-26)28-29-30(32)33-12-15-37(29)31(35-28)25-16-21(17-25)19-36-13-2-3-14-36/h4,6-12,15,18,20-21,25H,2-3,5,13-14,16-17,19H2,1H3,(H2,32,33)/t20?,21-,25+. The number of fused-ring (bicyclic) bond motifs is 2. The fourth-order valence-electron chi connectivity index (χ4n) is 6.34. The molecular weight excluding hydrogens is 456 g/mol. The Hall–Kier alpha value is -3.51. The highest BCUT2D eigenvalue weighted by Gasteiger charge is 2.35. The summed E-state index contributed by atoms with van der Waals surface area (Å²) in [7, 11) is 0. The van der Waals surface area contributed by atoms with Crippen LogP contribution in [-0.4, -0.2) is 43.9 Å². The Morgan fingerprint density at radius 3 is 2.70 bits per heavy atom. The van der Waals surface area contributed by atoms with E-state index in [4.69, 9.17) is 15.7 Å². The normalized spacial score (nSPS) is 24.0. The van der Waals surface area contributed by atoms with Gasteiger partial charge in [0.2, 0.25) is 0 Å². The van der Waals surface area contributed by atoms with Gasteiger partial charge in [0, 0.05) is 35.8 Å². The topological polar surface area (TPSA) is 72.3 Å². The molecule has 0 spiro atoms. The van der Waals surface area contributed by atoms with Crippen molar-refractivity contribution in [2.75, 3.05) is 25.4 Å². The molecule has 2 N–H and O–H groups in total. The number of nitrogens with two attached hydrogens (primary N) is 1. The first-order chi connectivity index (χ1) is 18.1.